The third-order valence-electron chi connectivity index (χ3n) is 7.49. The van der Waals surface area contributed by atoms with Crippen molar-refractivity contribution in [1.82, 2.24) is 0 Å². The zero-order valence-corrected chi connectivity index (χ0v) is 34.4. The van der Waals surface area contributed by atoms with Gasteiger partial charge in [-0.1, -0.05) is 111 Å². The number of allylic oxidation sites excluding steroid dienone is 4. The van der Waals surface area contributed by atoms with E-state index in [1.807, 2.05) is 30.4 Å². The molecule has 0 bridgehead atoms. The summed E-state index contributed by atoms with van der Waals surface area (Å²) in [5.74, 6) is 0. The van der Waals surface area contributed by atoms with Gasteiger partial charge in [0.15, 0.2) is 0 Å². The van der Waals surface area contributed by atoms with Crippen LogP contribution in [0.2, 0.25) is 5.02 Å². The summed E-state index contributed by atoms with van der Waals surface area (Å²) in [7, 11) is 0. The Morgan fingerprint density at radius 3 is 1.62 bits per heavy atom. The van der Waals surface area contributed by atoms with E-state index in [9.17, 15) is 0 Å². The SMILES string of the molecule is CC(C)(C)c1[c-]c2c(cc1C(C)(C)C)-c1cc(C(C)(C)C)c(C(C)(C)C)cc1C2.Cl.Cl.Clc1c[c-]ccc1.[C-]1=CC=CC1.[CH2]=[Zr]. The fraction of sp³-hybridized carbons (Fsp3) is 0.439. The minimum atomic E-state index is 0. The zero-order chi connectivity index (χ0) is 32.8. The second-order valence-electron chi connectivity index (χ2n) is 15.4. The van der Waals surface area contributed by atoms with E-state index in [-0.39, 0.29) is 46.5 Å². The molecule has 0 aromatic heterocycles. The molecule has 0 heterocycles. The molecule has 0 amide bonds. The summed E-state index contributed by atoms with van der Waals surface area (Å²) < 4.78 is 3.34. The standard InChI is InChI=1S/C29H41.C6H4Cl.C5H5.CH2.2ClH.Zr/c1-26(2,3)22-14-18-13-19-15-23(27(4,5)6)25(29(10,11)12)17-21(19)20(18)16-24(22)28(7,8)9;7-6-4-2-1-3-5-6;1-2-4-5-3-1;;;;/h14,16-17H,13H2,1-12H3;1-2,4-5H;1-3H,4H2;1H2;2*1H;/q3*-1;;;;. The second-order valence-corrected chi connectivity index (χ2v) is 15.8. The van der Waals surface area contributed by atoms with Gasteiger partial charge in [-0.2, -0.15) is 65.7 Å². The first-order valence-electron chi connectivity index (χ1n) is 15.3. The molecular weight excluding hydrogens is 690 g/mol. The molecule has 3 aromatic rings. The first-order chi connectivity index (χ1) is 19.8. The summed E-state index contributed by atoms with van der Waals surface area (Å²) in [6.07, 6.45) is 11.0. The summed E-state index contributed by atoms with van der Waals surface area (Å²) in [5.41, 5.74) is 11.9. The zero-order valence-electron chi connectivity index (χ0n) is 29.6. The van der Waals surface area contributed by atoms with E-state index in [1.54, 1.807) is 6.07 Å². The van der Waals surface area contributed by atoms with Gasteiger partial charge in [0.05, 0.1) is 0 Å². The molecule has 0 unspecified atom stereocenters. The fourth-order valence-electron chi connectivity index (χ4n) is 5.34. The number of benzene rings is 3. The van der Waals surface area contributed by atoms with Crippen molar-refractivity contribution in [2.24, 2.45) is 0 Å². The molecular formula is C41H54Cl3Zr-3. The van der Waals surface area contributed by atoms with Crippen LogP contribution in [0.5, 0.6) is 0 Å². The van der Waals surface area contributed by atoms with E-state index in [0.29, 0.717) is 0 Å². The van der Waals surface area contributed by atoms with Crippen LogP contribution in [0.25, 0.3) is 11.1 Å². The number of halogens is 3. The third kappa shape index (κ3) is 12.4. The normalized spacial score (nSPS) is 12.9. The van der Waals surface area contributed by atoms with E-state index < -0.39 is 0 Å². The molecule has 0 nitrogen and oxygen atoms in total. The number of hydrogen-bond donors (Lipinski definition) is 0. The predicted octanol–water partition coefficient (Wildman–Crippen LogP) is 12.5. The van der Waals surface area contributed by atoms with Crippen molar-refractivity contribution in [3.8, 4) is 11.1 Å². The Kier molecular flexibility index (Phi) is 17.3. The van der Waals surface area contributed by atoms with Crippen molar-refractivity contribution in [1.29, 1.82) is 0 Å². The molecule has 4 heteroatoms. The van der Waals surface area contributed by atoms with Crippen LogP contribution in [0, 0.1) is 18.2 Å². The predicted molar refractivity (Wildman–Crippen MR) is 202 cm³/mol. The van der Waals surface area contributed by atoms with E-state index in [2.05, 4.69) is 130 Å². The van der Waals surface area contributed by atoms with Crippen LogP contribution in [0.1, 0.15) is 123 Å². The number of rotatable bonds is 0. The fourth-order valence-corrected chi connectivity index (χ4v) is 5.47. The van der Waals surface area contributed by atoms with Gasteiger partial charge in [0.25, 0.3) is 0 Å². The van der Waals surface area contributed by atoms with Crippen molar-refractivity contribution in [2.45, 2.75) is 118 Å². The van der Waals surface area contributed by atoms with Crippen LogP contribution in [0.15, 0.2) is 60.7 Å². The average molecular weight is 744 g/mol. The summed E-state index contributed by atoms with van der Waals surface area (Å²) >= 11 is 6.81. The van der Waals surface area contributed by atoms with Crippen molar-refractivity contribution in [3.63, 3.8) is 0 Å². The van der Waals surface area contributed by atoms with Gasteiger partial charge in [0, 0.05) is 0 Å². The average Bonchev–Trinajstić information content (AvgIpc) is 3.59. The monoisotopic (exact) mass is 741 g/mol. The molecule has 3 aromatic carbocycles. The summed E-state index contributed by atoms with van der Waals surface area (Å²) in [5, 5.41) is 0.738. The molecule has 0 spiro atoms. The molecule has 0 radical (unpaired) electrons. The molecule has 2 aliphatic carbocycles. The molecule has 246 valence electrons. The second kappa shape index (κ2) is 17.8. The first kappa shape index (κ1) is 43.8. The summed E-state index contributed by atoms with van der Waals surface area (Å²) in [4.78, 5) is 0. The third-order valence-corrected chi connectivity index (χ3v) is 7.72. The van der Waals surface area contributed by atoms with Gasteiger partial charge in [-0.05, 0) is 39.4 Å². The van der Waals surface area contributed by atoms with Crippen molar-refractivity contribution < 1.29 is 24.2 Å². The maximum absolute atomic E-state index is 5.51. The van der Waals surface area contributed by atoms with Crippen molar-refractivity contribution in [2.75, 3.05) is 0 Å². The van der Waals surface area contributed by atoms with E-state index >= 15 is 0 Å². The van der Waals surface area contributed by atoms with Gasteiger partial charge in [0.2, 0.25) is 0 Å². The van der Waals surface area contributed by atoms with Gasteiger partial charge in [-0.3, -0.25) is 6.08 Å². The van der Waals surface area contributed by atoms with Gasteiger partial charge in [-0.15, -0.1) is 47.9 Å². The van der Waals surface area contributed by atoms with Gasteiger partial charge in [-0.25, -0.2) is 12.2 Å². The molecule has 5 rings (SSSR count). The Labute approximate surface area is 308 Å². The van der Waals surface area contributed by atoms with Crippen LogP contribution in [-0.4, -0.2) is 4.21 Å². The Bertz CT molecular complexity index is 1330. The van der Waals surface area contributed by atoms with E-state index in [1.165, 1.54) is 68.7 Å². The molecule has 0 aliphatic heterocycles. The molecule has 0 N–H and O–H groups in total. The van der Waals surface area contributed by atoms with Crippen LogP contribution in [0.3, 0.4) is 0 Å². The quantitative estimate of drug-likeness (QED) is 0.157. The van der Waals surface area contributed by atoms with E-state index in [4.69, 9.17) is 11.6 Å². The molecule has 45 heavy (non-hydrogen) atoms. The molecule has 0 saturated heterocycles. The minimum absolute atomic E-state index is 0. The van der Waals surface area contributed by atoms with Gasteiger partial charge < -0.3 is 0 Å². The van der Waals surface area contributed by atoms with Crippen LogP contribution < -0.4 is 0 Å². The van der Waals surface area contributed by atoms with Crippen LogP contribution in [-0.2, 0) is 52.3 Å². The Balaban J connectivity index is 0.000000999. The van der Waals surface area contributed by atoms with E-state index in [0.717, 1.165) is 17.9 Å². The summed E-state index contributed by atoms with van der Waals surface area (Å²) in [6, 6.07) is 21.4. The van der Waals surface area contributed by atoms with Crippen LogP contribution >= 0.6 is 36.4 Å². The molecule has 0 saturated carbocycles. The van der Waals surface area contributed by atoms with Crippen molar-refractivity contribution >= 4 is 40.6 Å². The van der Waals surface area contributed by atoms with Crippen LogP contribution in [0.4, 0.5) is 0 Å². The topological polar surface area (TPSA) is 0 Å². The maximum atomic E-state index is 5.51. The Morgan fingerprint density at radius 2 is 1.27 bits per heavy atom. The molecule has 0 atom stereocenters. The molecule has 0 fully saturated rings. The van der Waals surface area contributed by atoms with Gasteiger partial charge >= 0.3 is 28.4 Å². The Hall–Kier alpha value is -1.24. The molecule has 2 aliphatic rings. The summed E-state index contributed by atoms with van der Waals surface area (Å²) in [6.45, 7) is 28.0. The number of fused-ring (bicyclic) bond motifs is 3. The van der Waals surface area contributed by atoms with Crippen molar-refractivity contribution in [3.05, 3.63) is 117 Å². The van der Waals surface area contributed by atoms with Gasteiger partial charge in [0.1, 0.15) is 0 Å². The Morgan fingerprint density at radius 1 is 0.733 bits per heavy atom. The number of hydrogen-bond acceptors (Lipinski definition) is 0. The first-order valence-corrected chi connectivity index (χ1v) is 17.4.